The van der Waals surface area contributed by atoms with E-state index in [2.05, 4.69) is 16.8 Å². The first-order chi connectivity index (χ1) is 10.2. The molecule has 1 aliphatic heterocycles. The Morgan fingerprint density at radius 2 is 1.90 bits per heavy atom. The van der Waals surface area contributed by atoms with E-state index in [4.69, 9.17) is 19.9 Å². The van der Waals surface area contributed by atoms with Crippen LogP contribution in [0.25, 0.3) is 0 Å². The van der Waals surface area contributed by atoms with Gasteiger partial charge < -0.3 is 24.8 Å². The summed E-state index contributed by atoms with van der Waals surface area (Å²) in [6.45, 7) is 3.60. The minimum absolute atomic E-state index is 0.0692. The highest BCUT2D eigenvalue weighted by molar-refractivity contribution is 5.80. The van der Waals surface area contributed by atoms with E-state index in [0.29, 0.717) is 29.8 Å². The van der Waals surface area contributed by atoms with Crippen molar-refractivity contribution >= 4 is 5.96 Å². The van der Waals surface area contributed by atoms with Crippen LogP contribution in [0.1, 0.15) is 24.9 Å². The molecule has 0 amide bonds. The van der Waals surface area contributed by atoms with Gasteiger partial charge in [-0.25, -0.2) is 0 Å². The second kappa shape index (κ2) is 6.56. The lowest BCUT2D eigenvalue weighted by atomic mass is 10.0. The van der Waals surface area contributed by atoms with Gasteiger partial charge in [-0.1, -0.05) is 6.92 Å². The summed E-state index contributed by atoms with van der Waals surface area (Å²) in [6, 6.07) is 3.94. The lowest BCUT2D eigenvalue weighted by molar-refractivity contribution is 0.304. The molecule has 2 rings (SSSR count). The predicted molar refractivity (Wildman–Crippen MR) is 82.3 cm³/mol. The van der Waals surface area contributed by atoms with Crippen molar-refractivity contribution < 1.29 is 14.2 Å². The molecule has 1 aromatic carbocycles. The summed E-state index contributed by atoms with van der Waals surface area (Å²) in [5.74, 6) is 2.50. The quantitative estimate of drug-likeness (QED) is 0.866. The Labute approximate surface area is 125 Å². The molecule has 0 saturated heterocycles. The number of rotatable bonds is 6. The summed E-state index contributed by atoms with van der Waals surface area (Å²) >= 11 is 0. The molecule has 6 heteroatoms. The Hall–Kier alpha value is -2.11. The van der Waals surface area contributed by atoms with Gasteiger partial charge in [0.25, 0.3) is 0 Å². The number of hydrogen-bond donors (Lipinski definition) is 1. The molecule has 0 spiro atoms. The van der Waals surface area contributed by atoms with Gasteiger partial charge in [0.2, 0.25) is 5.75 Å². The first-order valence-corrected chi connectivity index (χ1v) is 7.03. The molecule has 0 fully saturated rings. The van der Waals surface area contributed by atoms with Crippen molar-refractivity contribution in [2.75, 3.05) is 34.4 Å². The number of guanidine groups is 1. The summed E-state index contributed by atoms with van der Waals surface area (Å²) in [5, 5.41) is 0. The Bertz CT molecular complexity index is 531. The van der Waals surface area contributed by atoms with Crippen LogP contribution in [0.15, 0.2) is 17.1 Å². The van der Waals surface area contributed by atoms with Crippen molar-refractivity contribution in [2.24, 2.45) is 10.7 Å². The Kier molecular flexibility index (Phi) is 4.77. The van der Waals surface area contributed by atoms with E-state index in [1.807, 2.05) is 12.1 Å². The van der Waals surface area contributed by atoms with Crippen molar-refractivity contribution in [1.29, 1.82) is 0 Å². The first-order valence-electron chi connectivity index (χ1n) is 7.03. The highest BCUT2D eigenvalue weighted by Crippen LogP contribution is 2.44. The highest BCUT2D eigenvalue weighted by Gasteiger charge is 2.31. The molecule has 1 unspecified atom stereocenters. The number of methoxy groups -OCH3 is 3. The Morgan fingerprint density at radius 3 is 2.48 bits per heavy atom. The summed E-state index contributed by atoms with van der Waals surface area (Å²) in [6.07, 6.45) is 1.00. The minimum Gasteiger partial charge on any atom is -0.493 e. The molecule has 0 aromatic heterocycles. The maximum absolute atomic E-state index is 5.99. The maximum atomic E-state index is 5.99. The lowest BCUT2D eigenvalue weighted by Crippen LogP contribution is -2.36. The molecule has 116 valence electrons. The van der Waals surface area contributed by atoms with Gasteiger partial charge in [-0.3, -0.25) is 4.99 Å². The topological polar surface area (TPSA) is 69.3 Å². The van der Waals surface area contributed by atoms with Crippen molar-refractivity contribution in [2.45, 2.75) is 19.4 Å². The van der Waals surface area contributed by atoms with Gasteiger partial charge in [-0.15, -0.1) is 0 Å². The van der Waals surface area contributed by atoms with Gasteiger partial charge in [-0.05, 0) is 18.6 Å². The average molecular weight is 293 g/mol. The van der Waals surface area contributed by atoms with Crippen LogP contribution in [0.5, 0.6) is 17.2 Å². The molecular formula is C15H23N3O3. The normalized spacial score (nSPS) is 17.6. The average Bonchev–Trinajstić information content (AvgIpc) is 2.87. The standard InChI is InChI=1S/C15H23N3O3/c1-5-8-18-11(9-17-15(18)16)10-6-7-12(19-2)14(21-4)13(10)20-3/h6-7,11H,5,8-9H2,1-4H3,(H2,16,17). The van der Waals surface area contributed by atoms with Gasteiger partial charge in [-0.2, -0.15) is 0 Å². The molecule has 1 aliphatic rings. The maximum Gasteiger partial charge on any atom is 0.203 e. The van der Waals surface area contributed by atoms with E-state index in [-0.39, 0.29) is 6.04 Å². The molecule has 1 aromatic rings. The highest BCUT2D eigenvalue weighted by atomic mass is 16.5. The van der Waals surface area contributed by atoms with Crippen molar-refractivity contribution in [3.05, 3.63) is 17.7 Å². The van der Waals surface area contributed by atoms with Gasteiger partial charge in [0.05, 0.1) is 33.9 Å². The first kappa shape index (κ1) is 15.3. The molecular weight excluding hydrogens is 270 g/mol. The smallest absolute Gasteiger partial charge is 0.203 e. The fourth-order valence-electron chi connectivity index (χ4n) is 2.69. The molecule has 1 atom stereocenters. The SMILES string of the molecule is CCCN1C(N)=NCC1c1ccc(OC)c(OC)c1OC. The number of nitrogens with two attached hydrogens (primary N) is 1. The second-order valence-corrected chi connectivity index (χ2v) is 4.83. The predicted octanol–water partition coefficient (Wildman–Crippen LogP) is 1.79. The Balaban J connectivity index is 2.44. The van der Waals surface area contributed by atoms with Gasteiger partial charge in [0.15, 0.2) is 17.5 Å². The summed E-state index contributed by atoms with van der Waals surface area (Å²) in [5.41, 5.74) is 7.00. The van der Waals surface area contributed by atoms with Crippen LogP contribution in [0.4, 0.5) is 0 Å². The van der Waals surface area contributed by atoms with E-state index in [1.165, 1.54) is 0 Å². The van der Waals surface area contributed by atoms with Crippen LogP contribution < -0.4 is 19.9 Å². The van der Waals surface area contributed by atoms with Gasteiger partial charge >= 0.3 is 0 Å². The molecule has 0 aliphatic carbocycles. The third kappa shape index (κ3) is 2.70. The minimum atomic E-state index is 0.0692. The lowest BCUT2D eigenvalue weighted by Gasteiger charge is -2.28. The van der Waals surface area contributed by atoms with E-state index in [0.717, 1.165) is 18.5 Å². The van der Waals surface area contributed by atoms with Crippen LogP contribution in [0.2, 0.25) is 0 Å². The van der Waals surface area contributed by atoms with Gasteiger partial charge in [0.1, 0.15) is 0 Å². The zero-order valence-corrected chi connectivity index (χ0v) is 13.0. The van der Waals surface area contributed by atoms with Crippen molar-refractivity contribution in [3.63, 3.8) is 0 Å². The third-order valence-electron chi connectivity index (χ3n) is 3.65. The molecule has 0 radical (unpaired) electrons. The molecule has 0 saturated carbocycles. The molecule has 21 heavy (non-hydrogen) atoms. The van der Waals surface area contributed by atoms with E-state index >= 15 is 0 Å². The fourth-order valence-corrected chi connectivity index (χ4v) is 2.69. The Morgan fingerprint density at radius 1 is 1.19 bits per heavy atom. The second-order valence-electron chi connectivity index (χ2n) is 4.83. The number of ether oxygens (including phenoxy) is 3. The zero-order chi connectivity index (χ0) is 15.4. The largest absolute Gasteiger partial charge is 0.493 e. The van der Waals surface area contributed by atoms with E-state index < -0.39 is 0 Å². The number of benzene rings is 1. The van der Waals surface area contributed by atoms with Crippen LogP contribution in [-0.4, -0.2) is 45.3 Å². The van der Waals surface area contributed by atoms with Crippen LogP contribution in [0.3, 0.4) is 0 Å². The van der Waals surface area contributed by atoms with Crippen LogP contribution >= 0.6 is 0 Å². The number of nitrogens with zero attached hydrogens (tertiary/aromatic N) is 2. The summed E-state index contributed by atoms with van der Waals surface area (Å²) in [7, 11) is 4.84. The van der Waals surface area contributed by atoms with Crippen molar-refractivity contribution in [3.8, 4) is 17.2 Å². The van der Waals surface area contributed by atoms with Crippen LogP contribution in [-0.2, 0) is 0 Å². The van der Waals surface area contributed by atoms with Crippen LogP contribution in [0, 0.1) is 0 Å². The zero-order valence-electron chi connectivity index (χ0n) is 13.0. The fraction of sp³-hybridized carbons (Fsp3) is 0.533. The molecule has 1 heterocycles. The molecule has 2 N–H and O–H groups in total. The third-order valence-corrected chi connectivity index (χ3v) is 3.65. The monoisotopic (exact) mass is 293 g/mol. The number of aliphatic imine (C=N–C) groups is 1. The summed E-state index contributed by atoms with van der Waals surface area (Å²) < 4.78 is 16.3. The van der Waals surface area contributed by atoms with E-state index in [9.17, 15) is 0 Å². The molecule has 0 bridgehead atoms. The summed E-state index contributed by atoms with van der Waals surface area (Å²) in [4.78, 5) is 6.46. The van der Waals surface area contributed by atoms with Gasteiger partial charge in [0, 0.05) is 12.1 Å². The molecule has 6 nitrogen and oxygen atoms in total. The van der Waals surface area contributed by atoms with Crippen molar-refractivity contribution in [1.82, 2.24) is 4.90 Å². The number of hydrogen-bond acceptors (Lipinski definition) is 6. The van der Waals surface area contributed by atoms with E-state index in [1.54, 1.807) is 21.3 Å².